The van der Waals surface area contributed by atoms with Gasteiger partial charge in [0.25, 0.3) is 0 Å². The van der Waals surface area contributed by atoms with Gasteiger partial charge in [-0.3, -0.25) is 4.57 Å². The maximum Gasteiger partial charge on any atom is 0.228 e. The summed E-state index contributed by atoms with van der Waals surface area (Å²) in [6, 6.07) is 10.2. The topological polar surface area (TPSA) is 61.0 Å². The molecule has 0 radical (unpaired) electrons. The summed E-state index contributed by atoms with van der Waals surface area (Å²) < 4.78 is 10.2. The zero-order valence-electron chi connectivity index (χ0n) is 18.1. The highest BCUT2D eigenvalue weighted by Gasteiger charge is 2.26. The first kappa shape index (κ1) is 20.6. The van der Waals surface area contributed by atoms with E-state index in [4.69, 9.17) is 4.74 Å². The molecule has 7 nitrogen and oxygen atoms in total. The Morgan fingerprint density at radius 2 is 1.94 bits per heavy atom. The fourth-order valence-electron chi connectivity index (χ4n) is 4.29. The van der Waals surface area contributed by atoms with Crippen molar-refractivity contribution in [3.8, 4) is 5.69 Å². The molecule has 0 saturated carbocycles. The van der Waals surface area contributed by atoms with E-state index in [2.05, 4.69) is 50.0 Å². The van der Waals surface area contributed by atoms with Crippen LogP contribution in [0.4, 0.5) is 5.95 Å². The lowest BCUT2D eigenvalue weighted by atomic mass is 10.00. The molecule has 1 aromatic carbocycles. The maximum atomic E-state index is 5.94. The van der Waals surface area contributed by atoms with Gasteiger partial charge in [0.2, 0.25) is 5.95 Å². The molecule has 0 bridgehead atoms. The smallest absolute Gasteiger partial charge is 0.228 e. The molecule has 2 aromatic heterocycles. The third-order valence-electron chi connectivity index (χ3n) is 6.20. The summed E-state index contributed by atoms with van der Waals surface area (Å²) >= 11 is 1.73. The average molecular weight is 439 g/mol. The number of anilines is 1. The van der Waals surface area contributed by atoms with Crippen LogP contribution in [-0.2, 0) is 17.0 Å². The quantitative estimate of drug-likeness (QED) is 0.516. The van der Waals surface area contributed by atoms with Crippen molar-refractivity contribution in [2.24, 2.45) is 5.92 Å². The summed E-state index contributed by atoms with van der Waals surface area (Å²) in [4.78, 5) is 2.40. The molecule has 0 N–H and O–H groups in total. The van der Waals surface area contributed by atoms with Crippen LogP contribution >= 0.6 is 11.8 Å². The average Bonchev–Trinajstić information content (AvgIpc) is 3.56. The lowest BCUT2D eigenvalue weighted by Gasteiger charge is -2.31. The van der Waals surface area contributed by atoms with Crippen molar-refractivity contribution in [3.63, 3.8) is 0 Å². The van der Waals surface area contributed by atoms with Crippen LogP contribution in [0.3, 0.4) is 0 Å². The number of benzene rings is 1. The monoisotopic (exact) mass is 438 g/mol. The zero-order valence-corrected chi connectivity index (χ0v) is 18.9. The third kappa shape index (κ3) is 4.80. The van der Waals surface area contributed by atoms with Crippen LogP contribution in [-0.4, -0.2) is 50.3 Å². The molecule has 5 rings (SSSR count). The van der Waals surface area contributed by atoms with Crippen molar-refractivity contribution in [3.05, 3.63) is 48.3 Å². The Balaban J connectivity index is 1.31. The zero-order chi connectivity index (χ0) is 21.0. The van der Waals surface area contributed by atoms with Crippen molar-refractivity contribution < 1.29 is 4.74 Å². The number of thioether (sulfide) groups is 1. The minimum absolute atomic E-state index is 0.263. The van der Waals surface area contributed by atoms with E-state index >= 15 is 0 Å². The van der Waals surface area contributed by atoms with Crippen LogP contribution in [0, 0.1) is 5.92 Å². The van der Waals surface area contributed by atoms with Crippen LogP contribution in [0.15, 0.2) is 47.9 Å². The Morgan fingerprint density at radius 3 is 2.71 bits per heavy atom. The van der Waals surface area contributed by atoms with E-state index in [1.807, 2.05) is 29.1 Å². The molecule has 31 heavy (non-hydrogen) atoms. The highest BCUT2D eigenvalue weighted by Crippen LogP contribution is 2.29. The van der Waals surface area contributed by atoms with Gasteiger partial charge in [0.1, 0.15) is 0 Å². The van der Waals surface area contributed by atoms with Crippen LogP contribution in [0.1, 0.15) is 38.2 Å². The van der Waals surface area contributed by atoms with E-state index in [-0.39, 0.29) is 6.10 Å². The van der Waals surface area contributed by atoms with Gasteiger partial charge in [0, 0.05) is 37.2 Å². The highest BCUT2D eigenvalue weighted by molar-refractivity contribution is 7.98. The number of nitrogens with zero attached hydrogens (tertiary/aromatic N) is 6. The maximum absolute atomic E-state index is 5.94. The van der Waals surface area contributed by atoms with E-state index in [0.29, 0.717) is 0 Å². The van der Waals surface area contributed by atoms with E-state index in [1.165, 1.54) is 18.4 Å². The molecule has 8 heteroatoms. The molecule has 2 aliphatic heterocycles. The second kappa shape index (κ2) is 9.44. The SMILES string of the molecule is CC1CCN(c2nnc(SCc3cnn(-c4ccccc4)c3)n2CC2CCCO2)CC1. The van der Waals surface area contributed by atoms with Gasteiger partial charge < -0.3 is 9.64 Å². The Morgan fingerprint density at radius 1 is 1.10 bits per heavy atom. The number of rotatable bonds is 7. The third-order valence-corrected chi connectivity index (χ3v) is 7.24. The predicted molar refractivity (Wildman–Crippen MR) is 123 cm³/mol. The van der Waals surface area contributed by atoms with Gasteiger partial charge in [-0.15, -0.1) is 10.2 Å². The lowest BCUT2D eigenvalue weighted by Crippen LogP contribution is -2.35. The molecule has 4 heterocycles. The number of hydrogen-bond donors (Lipinski definition) is 0. The first-order valence-electron chi connectivity index (χ1n) is 11.3. The lowest BCUT2D eigenvalue weighted by molar-refractivity contribution is 0.0951. The molecule has 1 atom stereocenters. The fourth-order valence-corrected chi connectivity index (χ4v) is 5.14. The van der Waals surface area contributed by atoms with Gasteiger partial charge in [0.05, 0.1) is 24.5 Å². The standard InChI is InChI=1S/C23H30N6OS/c1-18-9-11-27(12-10-18)22-25-26-23(28(22)16-21-8-5-13-30-21)31-17-19-14-24-29(15-19)20-6-3-2-4-7-20/h2-4,6-7,14-15,18,21H,5,8-13,16-17H2,1H3. The van der Waals surface area contributed by atoms with Gasteiger partial charge in [-0.25, -0.2) is 4.68 Å². The Kier molecular flexibility index (Phi) is 6.27. The fraction of sp³-hybridized carbons (Fsp3) is 0.522. The molecule has 164 valence electrons. The van der Waals surface area contributed by atoms with Crippen LogP contribution in [0.5, 0.6) is 0 Å². The van der Waals surface area contributed by atoms with Gasteiger partial charge in [-0.2, -0.15) is 5.10 Å². The van der Waals surface area contributed by atoms with Gasteiger partial charge >= 0.3 is 0 Å². The molecule has 1 unspecified atom stereocenters. The molecule has 2 saturated heterocycles. The second-order valence-corrected chi connectivity index (χ2v) is 9.56. The largest absolute Gasteiger partial charge is 0.376 e. The van der Waals surface area contributed by atoms with Gasteiger partial charge in [-0.05, 0) is 43.7 Å². The highest BCUT2D eigenvalue weighted by atomic mass is 32.2. The van der Waals surface area contributed by atoms with Gasteiger partial charge in [-0.1, -0.05) is 36.9 Å². The Bertz CT molecular complexity index is 973. The summed E-state index contributed by atoms with van der Waals surface area (Å²) in [6.45, 7) is 6.15. The van der Waals surface area contributed by atoms with Crippen LogP contribution in [0.25, 0.3) is 5.69 Å². The van der Waals surface area contributed by atoms with Gasteiger partial charge in [0.15, 0.2) is 5.16 Å². The summed E-state index contributed by atoms with van der Waals surface area (Å²) in [5.74, 6) is 2.61. The predicted octanol–water partition coefficient (Wildman–Crippen LogP) is 4.17. The van der Waals surface area contributed by atoms with E-state index < -0.39 is 0 Å². The first-order chi connectivity index (χ1) is 15.3. The summed E-state index contributed by atoms with van der Waals surface area (Å²) in [6.07, 6.45) is 8.98. The molecule has 3 aromatic rings. The summed E-state index contributed by atoms with van der Waals surface area (Å²) in [5.41, 5.74) is 2.25. The minimum Gasteiger partial charge on any atom is -0.376 e. The van der Waals surface area contributed by atoms with Crippen molar-refractivity contribution in [2.75, 3.05) is 24.6 Å². The number of para-hydroxylation sites is 1. The van der Waals surface area contributed by atoms with Crippen molar-refractivity contribution in [1.82, 2.24) is 24.5 Å². The molecule has 0 aliphatic carbocycles. The van der Waals surface area contributed by atoms with E-state index in [1.54, 1.807) is 11.8 Å². The Hall–Kier alpha value is -2.32. The van der Waals surface area contributed by atoms with Crippen molar-refractivity contribution in [2.45, 2.75) is 56.2 Å². The van der Waals surface area contributed by atoms with Crippen molar-refractivity contribution in [1.29, 1.82) is 0 Å². The molecular formula is C23H30N6OS. The number of piperidine rings is 1. The van der Waals surface area contributed by atoms with E-state index in [0.717, 1.165) is 67.5 Å². The normalized spacial score (nSPS) is 19.9. The summed E-state index contributed by atoms with van der Waals surface area (Å²) in [5, 5.41) is 14.7. The van der Waals surface area contributed by atoms with E-state index in [9.17, 15) is 0 Å². The minimum atomic E-state index is 0.263. The molecular weight excluding hydrogens is 408 g/mol. The molecule has 0 amide bonds. The molecule has 2 fully saturated rings. The van der Waals surface area contributed by atoms with Crippen molar-refractivity contribution >= 4 is 17.7 Å². The Labute approximate surface area is 187 Å². The number of aromatic nitrogens is 5. The number of ether oxygens (including phenoxy) is 1. The molecule has 2 aliphatic rings. The first-order valence-corrected chi connectivity index (χ1v) is 12.3. The number of hydrogen-bond acceptors (Lipinski definition) is 6. The van der Waals surface area contributed by atoms with Crippen LogP contribution in [0.2, 0.25) is 0 Å². The summed E-state index contributed by atoms with van der Waals surface area (Å²) in [7, 11) is 0. The van der Waals surface area contributed by atoms with Crippen LogP contribution < -0.4 is 4.90 Å². The second-order valence-electron chi connectivity index (χ2n) is 8.62. The molecule has 0 spiro atoms.